The second kappa shape index (κ2) is 10.7. The van der Waals surface area contributed by atoms with Crippen molar-refractivity contribution < 1.29 is 22.8 Å². The summed E-state index contributed by atoms with van der Waals surface area (Å²) >= 11 is 0. The van der Waals surface area contributed by atoms with E-state index in [4.69, 9.17) is 0 Å². The molecule has 2 aromatic carbocycles. The molecule has 0 aliphatic heterocycles. The summed E-state index contributed by atoms with van der Waals surface area (Å²) in [5, 5.41) is 8.54. The number of rotatable bonds is 8. The molecule has 1 fully saturated rings. The molecule has 208 valence electrons. The number of hydrogen-bond donors (Lipinski definition) is 3. The Labute approximate surface area is 229 Å². The summed E-state index contributed by atoms with van der Waals surface area (Å²) in [7, 11) is 1.57. The van der Waals surface area contributed by atoms with Crippen LogP contribution in [-0.2, 0) is 0 Å². The molecule has 2 heterocycles. The van der Waals surface area contributed by atoms with Gasteiger partial charge in [0.25, 0.3) is 11.8 Å². The van der Waals surface area contributed by atoms with Crippen molar-refractivity contribution in [1.29, 1.82) is 0 Å². The Balaban J connectivity index is 1.57. The fraction of sp³-hybridized carbons (Fsp3) is 0.300. The van der Waals surface area contributed by atoms with Crippen molar-refractivity contribution in [2.75, 3.05) is 18.9 Å². The SMILES string of the molecule is CNC(=O)c1ccc(-c2cc(NCCC(F)(F)F)c3ncc(-c4ccc(C(=O)NC5CC5)c(C)c4)n3c2)cc1C. The quantitative estimate of drug-likeness (QED) is 0.255. The van der Waals surface area contributed by atoms with Crippen LogP contribution in [0.15, 0.2) is 54.9 Å². The normalized spacial score (nSPS) is 13.3. The number of imidazole rings is 1. The summed E-state index contributed by atoms with van der Waals surface area (Å²) in [6.45, 7) is 3.41. The van der Waals surface area contributed by atoms with E-state index in [0.717, 1.165) is 46.4 Å². The monoisotopic (exact) mass is 549 g/mol. The van der Waals surface area contributed by atoms with E-state index in [-0.39, 0.29) is 24.4 Å². The van der Waals surface area contributed by atoms with Gasteiger partial charge >= 0.3 is 6.18 Å². The summed E-state index contributed by atoms with van der Waals surface area (Å²) in [6, 6.07) is 13.0. The molecule has 0 saturated heterocycles. The van der Waals surface area contributed by atoms with E-state index < -0.39 is 12.6 Å². The van der Waals surface area contributed by atoms with Crippen LogP contribution in [0.2, 0.25) is 0 Å². The van der Waals surface area contributed by atoms with Gasteiger partial charge in [0.1, 0.15) is 0 Å². The molecule has 5 rings (SSSR count). The number of aryl methyl sites for hydroxylation is 2. The highest BCUT2D eigenvalue weighted by Crippen LogP contribution is 2.32. The lowest BCUT2D eigenvalue weighted by Gasteiger charge is -2.14. The number of pyridine rings is 1. The molecular formula is C30H30F3N5O2. The van der Waals surface area contributed by atoms with Gasteiger partial charge in [-0.15, -0.1) is 0 Å². The standard InChI is InChI=1S/C30H30F3N5O2/c1-17-12-19(4-8-23(17)28(39)34-3)21-14-25(35-11-10-30(31,32)33)27-36-15-26(38(27)16-21)20-5-9-24(18(2)13-20)29(40)37-22-6-7-22/h4-5,8-9,12-16,22,35H,6-7,10-11H2,1-3H3,(H,34,39)(H,37,40). The number of carbonyl (C=O) groups is 2. The van der Waals surface area contributed by atoms with Crippen LogP contribution in [0.25, 0.3) is 28.0 Å². The maximum Gasteiger partial charge on any atom is 0.390 e. The lowest BCUT2D eigenvalue weighted by Crippen LogP contribution is -2.26. The predicted molar refractivity (Wildman–Crippen MR) is 149 cm³/mol. The first-order valence-corrected chi connectivity index (χ1v) is 13.1. The zero-order chi connectivity index (χ0) is 28.6. The summed E-state index contributed by atoms with van der Waals surface area (Å²) in [4.78, 5) is 29.3. The molecule has 1 aliphatic carbocycles. The van der Waals surface area contributed by atoms with Crippen molar-refractivity contribution in [3.63, 3.8) is 0 Å². The van der Waals surface area contributed by atoms with Gasteiger partial charge in [-0.2, -0.15) is 13.2 Å². The van der Waals surface area contributed by atoms with Crippen LogP contribution in [0.5, 0.6) is 0 Å². The Morgan fingerprint density at radius 1 is 0.950 bits per heavy atom. The van der Waals surface area contributed by atoms with Gasteiger partial charge in [-0.05, 0) is 67.6 Å². The number of halogens is 3. The van der Waals surface area contributed by atoms with Gasteiger partial charge in [0, 0.05) is 48.1 Å². The van der Waals surface area contributed by atoms with Crippen molar-refractivity contribution in [3.8, 4) is 22.4 Å². The van der Waals surface area contributed by atoms with Gasteiger partial charge < -0.3 is 16.0 Å². The number of amides is 2. The third-order valence-corrected chi connectivity index (χ3v) is 7.04. The number of anilines is 1. The molecule has 0 radical (unpaired) electrons. The highest BCUT2D eigenvalue weighted by Gasteiger charge is 2.27. The fourth-order valence-electron chi connectivity index (χ4n) is 4.73. The third kappa shape index (κ3) is 5.80. The molecule has 7 nitrogen and oxygen atoms in total. The summed E-state index contributed by atoms with van der Waals surface area (Å²) in [5.74, 6) is -0.297. The smallest absolute Gasteiger partial charge is 0.382 e. The summed E-state index contributed by atoms with van der Waals surface area (Å²) in [5.41, 5.74) is 6.75. The minimum absolute atomic E-state index is 0.0984. The molecule has 1 saturated carbocycles. The molecule has 0 unspecified atom stereocenters. The van der Waals surface area contributed by atoms with Gasteiger partial charge in [0.2, 0.25) is 0 Å². The summed E-state index contributed by atoms with van der Waals surface area (Å²) in [6.07, 6.45) is 0.275. The first kappa shape index (κ1) is 27.2. The molecule has 2 aromatic heterocycles. The lowest BCUT2D eigenvalue weighted by atomic mass is 10.00. The average Bonchev–Trinajstić information content (AvgIpc) is 3.61. The Hall–Kier alpha value is -4.34. The number of nitrogens with one attached hydrogen (secondary N) is 3. The molecule has 3 N–H and O–H groups in total. The highest BCUT2D eigenvalue weighted by atomic mass is 19.4. The molecule has 4 aromatic rings. The number of carbonyl (C=O) groups excluding carboxylic acids is 2. The number of fused-ring (bicyclic) bond motifs is 1. The molecule has 0 atom stereocenters. The average molecular weight is 550 g/mol. The Morgan fingerprint density at radius 2 is 1.60 bits per heavy atom. The molecule has 40 heavy (non-hydrogen) atoms. The van der Waals surface area contributed by atoms with E-state index in [0.29, 0.717) is 22.5 Å². The minimum Gasteiger partial charge on any atom is -0.382 e. The van der Waals surface area contributed by atoms with Gasteiger partial charge in [-0.25, -0.2) is 4.98 Å². The second-order valence-corrected chi connectivity index (χ2v) is 10.2. The van der Waals surface area contributed by atoms with Crippen molar-refractivity contribution in [2.45, 2.75) is 45.3 Å². The van der Waals surface area contributed by atoms with Gasteiger partial charge in [-0.3, -0.25) is 14.0 Å². The Bertz CT molecular complexity index is 1610. The van der Waals surface area contributed by atoms with E-state index in [9.17, 15) is 22.8 Å². The molecule has 2 amide bonds. The lowest BCUT2D eigenvalue weighted by molar-refractivity contribution is -0.131. The van der Waals surface area contributed by atoms with Crippen LogP contribution in [-0.4, -0.2) is 47.0 Å². The van der Waals surface area contributed by atoms with E-state index in [1.165, 1.54) is 0 Å². The van der Waals surface area contributed by atoms with Crippen LogP contribution < -0.4 is 16.0 Å². The van der Waals surface area contributed by atoms with Crippen molar-refractivity contribution in [2.24, 2.45) is 0 Å². The first-order valence-electron chi connectivity index (χ1n) is 13.1. The van der Waals surface area contributed by atoms with Crippen molar-refractivity contribution in [3.05, 3.63) is 77.1 Å². The van der Waals surface area contributed by atoms with E-state index in [1.54, 1.807) is 31.4 Å². The fourth-order valence-corrected chi connectivity index (χ4v) is 4.73. The van der Waals surface area contributed by atoms with E-state index in [1.807, 2.05) is 48.7 Å². The topological polar surface area (TPSA) is 87.5 Å². The predicted octanol–water partition coefficient (Wildman–Crippen LogP) is 5.90. The summed E-state index contributed by atoms with van der Waals surface area (Å²) < 4.78 is 40.5. The Kier molecular flexibility index (Phi) is 7.27. The number of aromatic nitrogens is 2. The number of nitrogens with zero attached hydrogens (tertiary/aromatic N) is 2. The highest BCUT2D eigenvalue weighted by molar-refractivity contribution is 5.97. The number of benzene rings is 2. The molecular weight excluding hydrogens is 519 g/mol. The molecule has 0 spiro atoms. The molecule has 10 heteroatoms. The van der Waals surface area contributed by atoms with Crippen LogP contribution in [0, 0.1) is 13.8 Å². The van der Waals surface area contributed by atoms with Crippen LogP contribution in [0.4, 0.5) is 18.9 Å². The van der Waals surface area contributed by atoms with E-state index >= 15 is 0 Å². The van der Waals surface area contributed by atoms with Crippen LogP contribution in [0.3, 0.4) is 0 Å². The van der Waals surface area contributed by atoms with Crippen LogP contribution in [0.1, 0.15) is 51.1 Å². The second-order valence-electron chi connectivity index (χ2n) is 10.2. The van der Waals surface area contributed by atoms with Gasteiger partial charge in [0.15, 0.2) is 5.65 Å². The number of alkyl halides is 3. The zero-order valence-corrected chi connectivity index (χ0v) is 22.4. The third-order valence-electron chi connectivity index (χ3n) is 7.04. The first-order chi connectivity index (χ1) is 19.0. The van der Waals surface area contributed by atoms with Gasteiger partial charge in [0.05, 0.1) is 24.0 Å². The minimum atomic E-state index is -4.29. The maximum absolute atomic E-state index is 12.9. The maximum atomic E-state index is 12.9. The van der Waals surface area contributed by atoms with Crippen LogP contribution >= 0.6 is 0 Å². The Morgan fingerprint density at radius 3 is 2.23 bits per heavy atom. The van der Waals surface area contributed by atoms with Crippen molar-refractivity contribution >= 4 is 23.1 Å². The zero-order valence-electron chi connectivity index (χ0n) is 22.4. The molecule has 0 bridgehead atoms. The van der Waals surface area contributed by atoms with E-state index in [2.05, 4.69) is 20.9 Å². The van der Waals surface area contributed by atoms with Crippen molar-refractivity contribution in [1.82, 2.24) is 20.0 Å². The molecule has 1 aliphatic rings. The number of hydrogen-bond acceptors (Lipinski definition) is 4. The largest absolute Gasteiger partial charge is 0.390 e. The van der Waals surface area contributed by atoms with Gasteiger partial charge in [-0.1, -0.05) is 18.2 Å².